The molecular formula is C30H35F2N3O4. The Kier molecular flexibility index (Phi) is 8.09. The van der Waals surface area contributed by atoms with Crippen LogP contribution in [0.15, 0.2) is 36.5 Å². The van der Waals surface area contributed by atoms with Gasteiger partial charge in [0.25, 0.3) is 0 Å². The molecule has 4 rings (SSSR count). The Morgan fingerprint density at radius 3 is 2.21 bits per heavy atom. The molecule has 0 spiro atoms. The summed E-state index contributed by atoms with van der Waals surface area (Å²) in [6, 6.07) is 7.37. The van der Waals surface area contributed by atoms with Gasteiger partial charge in [-0.25, -0.2) is 13.6 Å². The lowest BCUT2D eigenvalue weighted by molar-refractivity contribution is 0.0492. The average molecular weight is 540 g/mol. The first-order chi connectivity index (χ1) is 18.3. The number of Topliss-reactive ketones (excluding diaryl/α,β-unsaturated/α-hetero) is 1. The van der Waals surface area contributed by atoms with Crippen molar-refractivity contribution in [2.45, 2.75) is 78.0 Å². The number of aromatic hydroxyl groups is 1. The second kappa shape index (κ2) is 11.2. The number of phenolic OH excluding ortho intramolecular Hbond substituents is 1. The molecule has 3 aromatic rings. The molecule has 208 valence electrons. The van der Waals surface area contributed by atoms with E-state index < -0.39 is 29.1 Å². The fourth-order valence-electron chi connectivity index (χ4n) is 4.82. The van der Waals surface area contributed by atoms with E-state index in [4.69, 9.17) is 4.74 Å². The summed E-state index contributed by atoms with van der Waals surface area (Å²) < 4.78 is 33.5. The number of fused-ring (bicyclic) bond motifs is 1. The standard InChI is InChI=1S/C30H35F2N3O4/c1-16(2)27(36)22-15-33-25-11-6-17(18-13-23(31)28(37)24(32)14-18)12-21(25)26(22)34-19-7-9-20(10-8-19)35-29(38)39-30(3,4)5/h6,11-16,19-20,37H,7-10H2,1-5H3,(H,33,34)(H,35,38). The van der Waals surface area contributed by atoms with E-state index in [2.05, 4.69) is 15.6 Å². The fraction of sp³-hybridized carbons (Fsp3) is 0.433. The number of aromatic nitrogens is 1. The van der Waals surface area contributed by atoms with Crippen molar-refractivity contribution in [3.05, 3.63) is 53.7 Å². The minimum Gasteiger partial charge on any atom is -0.503 e. The number of carbonyl (C=O) groups is 2. The molecular weight excluding hydrogens is 504 g/mol. The van der Waals surface area contributed by atoms with Gasteiger partial charge >= 0.3 is 6.09 Å². The second-order valence-electron chi connectivity index (χ2n) is 11.4. The van der Waals surface area contributed by atoms with Crippen LogP contribution in [-0.2, 0) is 4.74 Å². The zero-order valence-electron chi connectivity index (χ0n) is 22.9. The van der Waals surface area contributed by atoms with Crippen LogP contribution in [0.5, 0.6) is 5.75 Å². The number of alkyl carbamates (subject to hydrolysis) is 1. The number of ether oxygens (including phenoxy) is 1. The molecule has 0 atom stereocenters. The van der Waals surface area contributed by atoms with Crippen LogP contribution in [0, 0.1) is 17.6 Å². The molecule has 1 aromatic heterocycles. The summed E-state index contributed by atoms with van der Waals surface area (Å²) in [5.41, 5.74) is 1.91. The van der Waals surface area contributed by atoms with E-state index in [0.29, 0.717) is 27.7 Å². The van der Waals surface area contributed by atoms with Crippen LogP contribution in [-0.4, -0.2) is 39.7 Å². The van der Waals surface area contributed by atoms with Crippen molar-refractivity contribution in [3.8, 4) is 16.9 Å². The van der Waals surface area contributed by atoms with Crippen molar-refractivity contribution >= 4 is 28.5 Å². The van der Waals surface area contributed by atoms with Crippen molar-refractivity contribution in [2.75, 3.05) is 5.32 Å². The van der Waals surface area contributed by atoms with Crippen molar-refractivity contribution < 1.29 is 28.2 Å². The Morgan fingerprint density at radius 1 is 1.00 bits per heavy atom. The molecule has 0 aliphatic heterocycles. The molecule has 2 aromatic carbocycles. The van der Waals surface area contributed by atoms with E-state index in [9.17, 15) is 23.5 Å². The summed E-state index contributed by atoms with van der Waals surface area (Å²) in [7, 11) is 0. The van der Waals surface area contributed by atoms with Crippen LogP contribution in [0.1, 0.15) is 70.7 Å². The third kappa shape index (κ3) is 6.64. The van der Waals surface area contributed by atoms with Crippen molar-refractivity contribution in [1.82, 2.24) is 10.3 Å². The Hall–Kier alpha value is -3.75. The maximum absolute atomic E-state index is 14.1. The predicted molar refractivity (Wildman–Crippen MR) is 147 cm³/mol. The van der Waals surface area contributed by atoms with Crippen LogP contribution < -0.4 is 10.6 Å². The number of hydrogen-bond donors (Lipinski definition) is 3. The third-order valence-electron chi connectivity index (χ3n) is 6.80. The van der Waals surface area contributed by atoms with Gasteiger partial charge in [0, 0.05) is 29.6 Å². The Labute approximate surface area is 227 Å². The summed E-state index contributed by atoms with van der Waals surface area (Å²) in [4.78, 5) is 29.8. The van der Waals surface area contributed by atoms with Gasteiger partial charge in [-0.15, -0.1) is 0 Å². The van der Waals surface area contributed by atoms with Gasteiger partial charge in [-0.05, 0) is 81.8 Å². The van der Waals surface area contributed by atoms with Crippen molar-refractivity contribution in [2.24, 2.45) is 5.92 Å². The number of halogens is 2. The Balaban J connectivity index is 1.63. The largest absolute Gasteiger partial charge is 0.503 e. The zero-order valence-corrected chi connectivity index (χ0v) is 22.9. The molecule has 1 aliphatic carbocycles. The SMILES string of the molecule is CC(C)C(=O)c1cnc2ccc(-c3cc(F)c(O)c(F)c3)cc2c1NC1CCC(NC(=O)OC(C)(C)C)CC1. The summed E-state index contributed by atoms with van der Waals surface area (Å²) in [6.45, 7) is 9.11. The highest BCUT2D eigenvalue weighted by atomic mass is 19.1. The van der Waals surface area contributed by atoms with Gasteiger partial charge in [0.05, 0.1) is 16.8 Å². The van der Waals surface area contributed by atoms with E-state index in [1.165, 1.54) is 0 Å². The van der Waals surface area contributed by atoms with Crippen LogP contribution in [0.3, 0.4) is 0 Å². The molecule has 1 aliphatic rings. The Morgan fingerprint density at radius 2 is 1.62 bits per heavy atom. The van der Waals surface area contributed by atoms with Crippen LogP contribution in [0.25, 0.3) is 22.0 Å². The topological polar surface area (TPSA) is 101 Å². The monoisotopic (exact) mass is 539 g/mol. The minimum atomic E-state index is -1.05. The predicted octanol–water partition coefficient (Wildman–Crippen LogP) is 6.97. The highest BCUT2D eigenvalue weighted by Crippen LogP contribution is 2.35. The van der Waals surface area contributed by atoms with Crippen LogP contribution >= 0.6 is 0 Å². The summed E-state index contributed by atoms with van der Waals surface area (Å²) in [5, 5.41) is 16.7. The quantitative estimate of drug-likeness (QED) is 0.293. The molecule has 39 heavy (non-hydrogen) atoms. The molecule has 1 amide bonds. The smallest absolute Gasteiger partial charge is 0.407 e. The maximum Gasteiger partial charge on any atom is 0.407 e. The molecule has 1 fully saturated rings. The van der Waals surface area contributed by atoms with Gasteiger partial charge in [0.1, 0.15) is 5.60 Å². The normalized spacial score (nSPS) is 17.7. The number of ketones is 1. The minimum absolute atomic E-state index is 0.00487. The number of anilines is 1. The first-order valence-electron chi connectivity index (χ1n) is 13.2. The fourth-order valence-corrected chi connectivity index (χ4v) is 4.82. The molecule has 0 bridgehead atoms. The van der Waals surface area contributed by atoms with Crippen molar-refractivity contribution in [3.63, 3.8) is 0 Å². The highest BCUT2D eigenvalue weighted by Gasteiger charge is 2.27. The second-order valence-corrected chi connectivity index (χ2v) is 11.4. The van der Waals surface area contributed by atoms with Gasteiger partial charge in [-0.2, -0.15) is 0 Å². The summed E-state index contributed by atoms with van der Waals surface area (Å²) >= 11 is 0. The molecule has 1 saturated carbocycles. The number of amides is 1. The molecule has 1 heterocycles. The van der Waals surface area contributed by atoms with Crippen LogP contribution in [0.4, 0.5) is 19.3 Å². The molecule has 7 nitrogen and oxygen atoms in total. The first-order valence-corrected chi connectivity index (χ1v) is 13.2. The van der Waals surface area contributed by atoms with Crippen LogP contribution in [0.2, 0.25) is 0 Å². The molecule has 0 saturated heterocycles. The number of benzene rings is 2. The number of nitrogens with zero attached hydrogens (tertiary/aromatic N) is 1. The van der Waals surface area contributed by atoms with E-state index in [1.807, 2.05) is 34.6 Å². The lowest BCUT2D eigenvalue weighted by atomic mass is 9.90. The maximum atomic E-state index is 14.1. The molecule has 9 heteroatoms. The first kappa shape index (κ1) is 28.3. The summed E-state index contributed by atoms with van der Waals surface area (Å²) in [6.07, 6.45) is 4.14. The van der Waals surface area contributed by atoms with E-state index in [-0.39, 0.29) is 29.3 Å². The van der Waals surface area contributed by atoms with Gasteiger partial charge in [-0.3, -0.25) is 9.78 Å². The number of rotatable bonds is 6. The summed E-state index contributed by atoms with van der Waals surface area (Å²) in [5.74, 6) is -3.46. The number of pyridine rings is 1. The molecule has 0 radical (unpaired) electrons. The third-order valence-corrected chi connectivity index (χ3v) is 6.80. The van der Waals surface area contributed by atoms with E-state index in [1.54, 1.807) is 24.4 Å². The highest BCUT2D eigenvalue weighted by molar-refractivity contribution is 6.09. The molecule has 0 unspecified atom stereocenters. The van der Waals surface area contributed by atoms with Gasteiger partial charge < -0.3 is 20.5 Å². The number of hydrogen-bond acceptors (Lipinski definition) is 6. The molecule has 3 N–H and O–H groups in total. The van der Waals surface area contributed by atoms with E-state index >= 15 is 0 Å². The lowest BCUT2D eigenvalue weighted by Crippen LogP contribution is -2.42. The van der Waals surface area contributed by atoms with Gasteiger partial charge in [-0.1, -0.05) is 19.9 Å². The number of nitrogens with one attached hydrogen (secondary N) is 2. The number of phenols is 1. The number of carbonyl (C=O) groups excluding carboxylic acids is 2. The van der Waals surface area contributed by atoms with Gasteiger partial charge in [0.2, 0.25) is 0 Å². The lowest BCUT2D eigenvalue weighted by Gasteiger charge is -2.31. The Bertz CT molecular complexity index is 1370. The van der Waals surface area contributed by atoms with E-state index in [0.717, 1.165) is 37.8 Å². The van der Waals surface area contributed by atoms with Crippen molar-refractivity contribution in [1.29, 1.82) is 0 Å². The zero-order chi connectivity index (χ0) is 28.5. The van der Waals surface area contributed by atoms with Gasteiger partial charge in [0.15, 0.2) is 23.2 Å². The average Bonchev–Trinajstić information content (AvgIpc) is 2.86.